The summed E-state index contributed by atoms with van der Waals surface area (Å²) in [5.74, 6) is 0. The fraction of sp³-hybridized carbons (Fsp3) is 0.538. The summed E-state index contributed by atoms with van der Waals surface area (Å²) in [6.07, 6.45) is 1.04. The van der Waals surface area contributed by atoms with E-state index in [-0.39, 0.29) is 5.25 Å². The number of sulfone groups is 1. The quantitative estimate of drug-likeness (QED) is 0.874. The second-order valence-corrected chi connectivity index (χ2v) is 7.78. The molecule has 17 heavy (non-hydrogen) atoms. The Labute approximate surface area is 102 Å². The molecule has 2 rings (SSSR count). The molecule has 0 radical (unpaired) electrons. The van der Waals surface area contributed by atoms with Crippen molar-refractivity contribution in [2.24, 2.45) is 0 Å². The predicted octanol–water partition coefficient (Wildman–Crippen LogP) is 1.72. The van der Waals surface area contributed by atoms with Crippen molar-refractivity contribution in [3.8, 4) is 0 Å². The Morgan fingerprint density at radius 3 is 2.65 bits per heavy atom. The van der Waals surface area contributed by atoms with Crippen LogP contribution < -0.4 is 0 Å². The van der Waals surface area contributed by atoms with Crippen molar-refractivity contribution in [3.63, 3.8) is 0 Å². The average molecular weight is 254 g/mol. The van der Waals surface area contributed by atoms with E-state index in [0.29, 0.717) is 17.7 Å². The molecule has 0 bridgehead atoms. The lowest BCUT2D eigenvalue weighted by Gasteiger charge is -2.18. The van der Waals surface area contributed by atoms with Gasteiger partial charge in [-0.2, -0.15) is 0 Å². The summed E-state index contributed by atoms with van der Waals surface area (Å²) in [4.78, 5) is 0.451. The molecule has 94 valence electrons. The molecular weight excluding hydrogens is 236 g/mol. The van der Waals surface area contributed by atoms with Gasteiger partial charge in [0.1, 0.15) is 0 Å². The van der Waals surface area contributed by atoms with Crippen LogP contribution in [0.3, 0.4) is 0 Å². The first-order chi connectivity index (χ1) is 7.72. The molecule has 4 heteroatoms. The van der Waals surface area contributed by atoms with E-state index in [2.05, 4.69) is 0 Å². The van der Waals surface area contributed by atoms with E-state index in [9.17, 15) is 13.5 Å². The highest BCUT2D eigenvalue weighted by atomic mass is 32.2. The molecule has 0 fully saturated rings. The number of hydrogen-bond acceptors (Lipinski definition) is 3. The van der Waals surface area contributed by atoms with Gasteiger partial charge in [0.15, 0.2) is 9.84 Å². The topological polar surface area (TPSA) is 54.4 Å². The zero-order valence-corrected chi connectivity index (χ0v) is 11.2. The maximum Gasteiger partial charge on any atom is 0.181 e. The summed E-state index contributed by atoms with van der Waals surface area (Å²) in [5.41, 5.74) is 1.02. The van der Waals surface area contributed by atoms with Gasteiger partial charge in [0.2, 0.25) is 0 Å². The Hall–Kier alpha value is -0.870. The average Bonchev–Trinajstić information content (AvgIpc) is 2.39. The lowest BCUT2D eigenvalue weighted by atomic mass is 9.93. The zero-order chi connectivity index (χ0) is 12.8. The van der Waals surface area contributed by atoms with Gasteiger partial charge >= 0.3 is 0 Å². The number of rotatable bonds is 2. The van der Waals surface area contributed by atoms with Gasteiger partial charge < -0.3 is 5.11 Å². The molecule has 0 saturated carbocycles. The van der Waals surface area contributed by atoms with Gasteiger partial charge in [-0.15, -0.1) is 0 Å². The third-order valence-electron chi connectivity index (χ3n) is 3.18. The Kier molecular flexibility index (Phi) is 2.83. The lowest BCUT2D eigenvalue weighted by Crippen LogP contribution is -2.22. The van der Waals surface area contributed by atoms with Gasteiger partial charge in [-0.05, 0) is 44.4 Å². The normalized spacial score (nSPS) is 22.5. The van der Waals surface area contributed by atoms with E-state index in [0.717, 1.165) is 11.1 Å². The second kappa shape index (κ2) is 3.82. The van der Waals surface area contributed by atoms with Crippen molar-refractivity contribution in [3.05, 3.63) is 29.3 Å². The zero-order valence-electron chi connectivity index (χ0n) is 10.4. The Balaban J connectivity index is 2.52. The molecule has 0 saturated heterocycles. The van der Waals surface area contributed by atoms with Gasteiger partial charge in [-0.1, -0.05) is 12.1 Å². The van der Waals surface area contributed by atoms with Crippen LogP contribution in [0.1, 0.15) is 31.9 Å². The van der Waals surface area contributed by atoms with Crippen molar-refractivity contribution >= 4 is 9.84 Å². The third kappa shape index (κ3) is 2.24. The van der Waals surface area contributed by atoms with Gasteiger partial charge in [-0.25, -0.2) is 8.42 Å². The van der Waals surface area contributed by atoms with Gasteiger partial charge in [0, 0.05) is 6.42 Å². The molecule has 1 aliphatic heterocycles. The van der Waals surface area contributed by atoms with E-state index in [1.807, 2.05) is 6.07 Å². The largest absolute Gasteiger partial charge is 0.390 e. The van der Waals surface area contributed by atoms with Crippen LogP contribution in [0.4, 0.5) is 0 Å². The van der Waals surface area contributed by atoms with Crippen molar-refractivity contribution in [2.75, 3.05) is 0 Å². The molecule has 1 atom stereocenters. The highest BCUT2D eigenvalue weighted by Gasteiger charge is 2.35. The summed E-state index contributed by atoms with van der Waals surface area (Å²) in [6, 6.07) is 5.34. The van der Waals surface area contributed by atoms with Crippen LogP contribution in [0.15, 0.2) is 23.1 Å². The summed E-state index contributed by atoms with van der Waals surface area (Å²) in [6.45, 7) is 5.21. The summed E-state index contributed by atoms with van der Waals surface area (Å²) >= 11 is 0. The van der Waals surface area contributed by atoms with Crippen LogP contribution in [0.25, 0.3) is 0 Å². The molecule has 1 aromatic rings. The van der Waals surface area contributed by atoms with E-state index < -0.39 is 15.4 Å². The molecule has 1 N–H and O–H groups in total. The van der Waals surface area contributed by atoms with Crippen LogP contribution in [0, 0.1) is 0 Å². The maximum atomic E-state index is 12.0. The number of fused-ring (bicyclic) bond motifs is 1. The van der Waals surface area contributed by atoms with Gasteiger partial charge in [0.25, 0.3) is 0 Å². The minimum absolute atomic E-state index is 0.347. The van der Waals surface area contributed by atoms with Crippen molar-refractivity contribution in [2.45, 2.75) is 49.4 Å². The molecular formula is C13H18O3S. The smallest absolute Gasteiger partial charge is 0.181 e. The van der Waals surface area contributed by atoms with Crippen LogP contribution >= 0.6 is 0 Å². The summed E-state index contributed by atoms with van der Waals surface area (Å²) in [7, 11) is -3.14. The molecule has 1 aromatic carbocycles. The van der Waals surface area contributed by atoms with Crippen molar-refractivity contribution in [1.82, 2.24) is 0 Å². The number of aliphatic hydroxyl groups is 1. The van der Waals surface area contributed by atoms with Crippen LogP contribution in [-0.2, 0) is 22.7 Å². The molecule has 1 unspecified atom stereocenters. The summed E-state index contributed by atoms with van der Waals surface area (Å²) < 4.78 is 24.1. The lowest BCUT2D eigenvalue weighted by molar-refractivity contribution is 0.0807. The fourth-order valence-electron chi connectivity index (χ4n) is 2.35. The molecule has 1 heterocycles. The van der Waals surface area contributed by atoms with Gasteiger partial charge in [-0.3, -0.25) is 0 Å². The van der Waals surface area contributed by atoms with Crippen molar-refractivity contribution in [1.29, 1.82) is 0 Å². The maximum absolute atomic E-state index is 12.0. The Morgan fingerprint density at radius 2 is 2.06 bits per heavy atom. The highest BCUT2D eigenvalue weighted by molar-refractivity contribution is 7.92. The molecule has 0 spiro atoms. The molecule has 3 nitrogen and oxygen atoms in total. The minimum atomic E-state index is -3.14. The van der Waals surface area contributed by atoms with Crippen molar-refractivity contribution < 1.29 is 13.5 Å². The Morgan fingerprint density at radius 1 is 1.41 bits per heavy atom. The van der Waals surface area contributed by atoms with E-state index in [1.165, 1.54) is 0 Å². The fourth-order valence-corrected chi connectivity index (χ4v) is 4.00. The Bertz CT molecular complexity index is 538. The van der Waals surface area contributed by atoms with E-state index in [4.69, 9.17) is 0 Å². The standard InChI is InChI=1S/C13H18O3S/c1-9-7-11-10(8-13(2,3)14)5-4-6-12(11)17(9,15)16/h4-6,9,14H,7-8H2,1-3H3. The van der Waals surface area contributed by atoms with Gasteiger partial charge in [0.05, 0.1) is 15.7 Å². The molecule has 1 aliphatic rings. The third-order valence-corrected chi connectivity index (χ3v) is 5.40. The van der Waals surface area contributed by atoms with Crippen LogP contribution in [0.2, 0.25) is 0 Å². The first-order valence-corrected chi connectivity index (χ1v) is 7.33. The molecule has 0 aliphatic carbocycles. The minimum Gasteiger partial charge on any atom is -0.390 e. The predicted molar refractivity (Wildman–Crippen MR) is 66.8 cm³/mol. The monoisotopic (exact) mass is 254 g/mol. The van der Waals surface area contributed by atoms with E-state index >= 15 is 0 Å². The second-order valence-electron chi connectivity index (χ2n) is 5.44. The van der Waals surface area contributed by atoms with E-state index in [1.54, 1.807) is 32.9 Å². The van der Waals surface area contributed by atoms with Crippen LogP contribution in [0.5, 0.6) is 0 Å². The molecule has 0 amide bonds. The summed E-state index contributed by atoms with van der Waals surface area (Å²) in [5, 5.41) is 9.50. The SMILES string of the molecule is CC1Cc2c(CC(C)(C)O)cccc2S1(=O)=O. The first kappa shape index (κ1) is 12.6. The highest BCUT2D eigenvalue weighted by Crippen LogP contribution is 2.34. The molecule has 0 aromatic heterocycles. The number of hydrogen-bond donors (Lipinski definition) is 1. The number of benzene rings is 1. The first-order valence-electron chi connectivity index (χ1n) is 5.79. The van der Waals surface area contributed by atoms with Crippen LogP contribution in [-0.4, -0.2) is 24.4 Å².